The summed E-state index contributed by atoms with van der Waals surface area (Å²) in [5.74, 6) is 0. The second-order valence-electron chi connectivity index (χ2n) is 5.15. The summed E-state index contributed by atoms with van der Waals surface area (Å²) in [5, 5.41) is 4.32. The van der Waals surface area contributed by atoms with E-state index in [1.807, 2.05) is 25.3 Å². The highest BCUT2D eigenvalue weighted by Crippen LogP contribution is 2.27. The van der Waals surface area contributed by atoms with Crippen molar-refractivity contribution in [3.8, 4) is 11.1 Å². The predicted molar refractivity (Wildman–Crippen MR) is 79.3 cm³/mol. The molecule has 3 rings (SSSR count). The van der Waals surface area contributed by atoms with Crippen molar-refractivity contribution in [3.63, 3.8) is 0 Å². The molecule has 0 bridgehead atoms. The normalized spacial score (nSPS) is 14.6. The molecule has 2 aromatic rings. The van der Waals surface area contributed by atoms with Gasteiger partial charge in [0, 0.05) is 29.5 Å². The molecule has 0 atom stereocenters. The number of nitrogens with zero attached hydrogens (tertiary/aromatic N) is 1. The molecular weight excluding hydrogens is 256 g/mol. The van der Waals surface area contributed by atoms with Crippen LogP contribution in [0.5, 0.6) is 0 Å². The molecule has 1 aliphatic carbocycles. The Labute approximate surface area is 118 Å². The molecule has 1 aliphatic rings. The van der Waals surface area contributed by atoms with Gasteiger partial charge in [-0.2, -0.15) is 0 Å². The maximum Gasteiger partial charge on any atom is 0.0457 e. The van der Waals surface area contributed by atoms with E-state index in [0.29, 0.717) is 6.04 Å². The number of aryl methyl sites for hydroxylation is 1. The van der Waals surface area contributed by atoms with Gasteiger partial charge in [0.1, 0.15) is 0 Å². The zero-order valence-electron chi connectivity index (χ0n) is 11.0. The Bertz CT molecular complexity index is 591. The topological polar surface area (TPSA) is 24.9 Å². The van der Waals surface area contributed by atoms with Gasteiger partial charge < -0.3 is 5.32 Å². The van der Waals surface area contributed by atoms with E-state index in [1.54, 1.807) is 0 Å². The van der Waals surface area contributed by atoms with Crippen LogP contribution in [-0.2, 0) is 6.54 Å². The van der Waals surface area contributed by atoms with Crippen molar-refractivity contribution in [3.05, 3.63) is 52.8 Å². The van der Waals surface area contributed by atoms with Crippen molar-refractivity contribution >= 4 is 11.6 Å². The summed E-state index contributed by atoms with van der Waals surface area (Å²) in [6.45, 7) is 2.86. The zero-order chi connectivity index (χ0) is 13.2. The van der Waals surface area contributed by atoms with Gasteiger partial charge in [-0.25, -0.2) is 0 Å². The highest BCUT2D eigenvalue weighted by Gasteiger charge is 2.20. The van der Waals surface area contributed by atoms with Gasteiger partial charge in [0.15, 0.2) is 0 Å². The molecular formula is C16H17ClN2. The number of hydrogen-bond acceptors (Lipinski definition) is 2. The van der Waals surface area contributed by atoms with Crippen LogP contribution in [0.3, 0.4) is 0 Å². The van der Waals surface area contributed by atoms with Crippen LogP contribution < -0.4 is 5.32 Å². The highest BCUT2D eigenvalue weighted by atomic mass is 35.5. The summed E-state index contributed by atoms with van der Waals surface area (Å²) < 4.78 is 0. The molecule has 0 unspecified atom stereocenters. The first kappa shape index (κ1) is 12.6. The Morgan fingerprint density at radius 3 is 2.68 bits per heavy atom. The molecule has 1 fully saturated rings. The lowest BCUT2D eigenvalue weighted by Crippen LogP contribution is -2.15. The second kappa shape index (κ2) is 5.32. The van der Waals surface area contributed by atoms with Crippen LogP contribution in [0.4, 0.5) is 0 Å². The molecule has 19 heavy (non-hydrogen) atoms. The number of halogens is 1. The van der Waals surface area contributed by atoms with E-state index >= 15 is 0 Å². The molecule has 0 spiro atoms. The van der Waals surface area contributed by atoms with Gasteiger partial charge in [-0.1, -0.05) is 23.7 Å². The first-order valence-corrected chi connectivity index (χ1v) is 7.05. The maximum absolute atomic E-state index is 6.37. The summed E-state index contributed by atoms with van der Waals surface area (Å²) >= 11 is 6.37. The molecule has 1 N–H and O–H groups in total. The van der Waals surface area contributed by atoms with Crippen molar-refractivity contribution in [1.29, 1.82) is 0 Å². The fourth-order valence-corrected chi connectivity index (χ4v) is 2.38. The maximum atomic E-state index is 6.37. The molecule has 0 saturated heterocycles. The molecule has 0 aliphatic heterocycles. The highest BCUT2D eigenvalue weighted by molar-refractivity contribution is 6.31. The lowest BCUT2D eigenvalue weighted by molar-refractivity contribution is 0.688. The van der Waals surface area contributed by atoms with E-state index < -0.39 is 0 Å². The third-order valence-electron chi connectivity index (χ3n) is 3.44. The predicted octanol–water partition coefficient (Wildman–Crippen LogP) is 3.96. The number of aromatic nitrogens is 1. The van der Waals surface area contributed by atoms with Gasteiger partial charge in [-0.3, -0.25) is 4.98 Å². The Balaban J connectivity index is 1.81. The van der Waals surface area contributed by atoms with Crippen molar-refractivity contribution in [2.24, 2.45) is 0 Å². The lowest BCUT2D eigenvalue weighted by atomic mass is 10.0. The van der Waals surface area contributed by atoms with Crippen LogP contribution in [0.2, 0.25) is 5.02 Å². The van der Waals surface area contributed by atoms with Crippen LogP contribution in [0.15, 0.2) is 36.5 Å². The molecule has 1 aromatic carbocycles. The monoisotopic (exact) mass is 272 g/mol. The van der Waals surface area contributed by atoms with Crippen LogP contribution in [0, 0.1) is 6.92 Å². The molecule has 1 heterocycles. The summed E-state index contributed by atoms with van der Waals surface area (Å²) in [6.07, 6.45) is 4.43. The first-order valence-electron chi connectivity index (χ1n) is 6.67. The minimum Gasteiger partial charge on any atom is -0.310 e. The van der Waals surface area contributed by atoms with Crippen LogP contribution in [0.25, 0.3) is 11.1 Å². The molecule has 2 nitrogen and oxygen atoms in total. The third-order valence-corrected chi connectivity index (χ3v) is 3.79. The number of pyridine rings is 1. The van der Waals surface area contributed by atoms with Crippen molar-refractivity contribution in [1.82, 2.24) is 10.3 Å². The van der Waals surface area contributed by atoms with E-state index in [4.69, 9.17) is 11.6 Å². The van der Waals surface area contributed by atoms with Crippen molar-refractivity contribution < 1.29 is 0 Å². The number of nitrogens with one attached hydrogen (secondary N) is 1. The first-order chi connectivity index (χ1) is 9.22. The minimum absolute atomic E-state index is 0.707. The quantitative estimate of drug-likeness (QED) is 0.911. The minimum atomic E-state index is 0.707. The Morgan fingerprint density at radius 2 is 2.00 bits per heavy atom. The third kappa shape index (κ3) is 3.14. The van der Waals surface area contributed by atoms with Crippen molar-refractivity contribution in [2.75, 3.05) is 0 Å². The molecule has 1 saturated carbocycles. The Hall–Kier alpha value is -1.38. The molecule has 98 valence electrons. The standard InChI is InChI=1S/C16H17ClN2/c1-11-8-13(6-7-18-11)12-2-3-14(16(17)9-12)10-19-15-4-5-15/h2-3,6-9,15,19H,4-5,10H2,1H3. The molecule has 3 heteroatoms. The fraction of sp³-hybridized carbons (Fsp3) is 0.312. The van der Waals surface area contributed by atoms with Crippen LogP contribution in [0.1, 0.15) is 24.1 Å². The van der Waals surface area contributed by atoms with Crippen LogP contribution in [-0.4, -0.2) is 11.0 Å². The summed E-state index contributed by atoms with van der Waals surface area (Å²) in [4.78, 5) is 4.22. The van der Waals surface area contributed by atoms with Gasteiger partial charge in [0.25, 0.3) is 0 Å². The largest absolute Gasteiger partial charge is 0.310 e. The lowest BCUT2D eigenvalue weighted by Gasteiger charge is -2.08. The van der Waals surface area contributed by atoms with Crippen LogP contribution >= 0.6 is 11.6 Å². The molecule has 0 amide bonds. The van der Waals surface area contributed by atoms with Crippen molar-refractivity contribution in [2.45, 2.75) is 32.4 Å². The fourth-order valence-electron chi connectivity index (χ4n) is 2.14. The van der Waals surface area contributed by atoms with E-state index in [-0.39, 0.29) is 0 Å². The second-order valence-corrected chi connectivity index (χ2v) is 5.55. The summed E-state index contributed by atoms with van der Waals surface area (Å²) in [6, 6.07) is 11.1. The van der Waals surface area contributed by atoms with E-state index in [0.717, 1.165) is 28.4 Å². The van der Waals surface area contributed by atoms with E-state index in [2.05, 4.69) is 28.5 Å². The number of rotatable bonds is 4. The average Bonchev–Trinajstić information content (AvgIpc) is 3.21. The average molecular weight is 273 g/mol. The smallest absolute Gasteiger partial charge is 0.0457 e. The van der Waals surface area contributed by atoms with Gasteiger partial charge >= 0.3 is 0 Å². The van der Waals surface area contributed by atoms with Gasteiger partial charge in [-0.15, -0.1) is 0 Å². The summed E-state index contributed by atoms with van der Waals surface area (Å²) in [5.41, 5.74) is 4.50. The Morgan fingerprint density at radius 1 is 1.21 bits per heavy atom. The van der Waals surface area contributed by atoms with Gasteiger partial charge in [-0.05, 0) is 54.7 Å². The van der Waals surface area contributed by atoms with Gasteiger partial charge in [0.05, 0.1) is 0 Å². The van der Waals surface area contributed by atoms with Gasteiger partial charge in [0.2, 0.25) is 0 Å². The number of benzene rings is 1. The molecule has 1 aromatic heterocycles. The zero-order valence-corrected chi connectivity index (χ0v) is 11.7. The summed E-state index contributed by atoms with van der Waals surface area (Å²) in [7, 11) is 0. The Kier molecular flexibility index (Phi) is 3.54. The van der Waals surface area contributed by atoms with E-state index in [9.17, 15) is 0 Å². The van der Waals surface area contributed by atoms with E-state index in [1.165, 1.54) is 18.4 Å². The number of hydrogen-bond donors (Lipinski definition) is 1. The molecule has 0 radical (unpaired) electrons. The SMILES string of the molecule is Cc1cc(-c2ccc(CNC3CC3)c(Cl)c2)ccn1.